The largest absolute Gasteiger partial charge is 0.280 e. The summed E-state index contributed by atoms with van der Waals surface area (Å²) in [5.41, 5.74) is 5.64. The van der Waals surface area contributed by atoms with E-state index in [4.69, 9.17) is 23.2 Å². The van der Waals surface area contributed by atoms with Gasteiger partial charge in [-0.2, -0.15) is 0 Å². The van der Waals surface area contributed by atoms with Gasteiger partial charge in [0.15, 0.2) is 0 Å². The van der Waals surface area contributed by atoms with Crippen LogP contribution in [0.4, 0.5) is 0 Å². The molecule has 0 aromatic heterocycles. The first-order valence-electron chi connectivity index (χ1n) is 6.99. The minimum absolute atomic E-state index is 0.436. The van der Waals surface area contributed by atoms with Crippen molar-refractivity contribution in [3.63, 3.8) is 0 Å². The van der Waals surface area contributed by atoms with Crippen molar-refractivity contribution in [1.82, 2.24) is 0 Å². The van der Waals surface area contributed by atoms with Gasteiger partial charge in [-0.3, -0.25) is 4.99 Å². The third-order valence-electron chi connectivity index (χ3n) is 3.43. The quantitative estimate of drug-likeness (QED) is 0.517. The zero-order valence-corrected chi connectivity index (χ0v) is 14.4. The lowest BCUT2D eigenvalue weighted by Gasteiger charge is -2.03. The molecule has 0 bridgehead atoms. The maximum atomic E-state index is 6.08. The number of halogens is 2. The highest BCUT2D eigenvalue weighted by molar-refractivity contribution is 6.36. The van der Waals surface area contributed by atoms with E-state index >= 15 is 0 Å². The van der Waals surface area contributed by atoms with E-state index in [0.717, 1.165) is 11.1 Å². The van der Waals surface area contributed by atoms with Gasteiger partial charge in [0.1, 0.15) is 6.54 Å². The van der Waals surface area contributed by atoms with Crippen LogP contribution < -0.4 is 0 Å². The molecule has 0 amide bonds. The first-order chi connectivity index (χ1) is 10.5. The molecule has 0 unspecified atom stereocenters. The van der Waals surface area contributed by atoms with Gasteiger partial charge < -0.3 is 0 Å². The Bertz CT molecular complexity index is 780. The fourth-order valence-corrected chi connectivity index (χ4v) is 2.48. The van der Waals surface area contributed by atoms with Crippen molar-refractivity contribution in [2.75, 3.05) is 6.54 Å². The Hall–Kier alpha value is -1.75. The van der Waals surface area contributed by atoms with Gasteiger partial charge in [0.25, 0.3) is 0 Å². The minimum atomic E-state index is 0.436. The predicted molar refractivity (Wildman–Crippen MR) is 96.5 cm³/mol. The lowest BCUT2D eigenvalue weighted by atomic mass is 10.0. The molecule has 0 N–H and O–H groups in total. The molecule has 2 aromatic carbocycles. The van der Waals surface area contributed by atoms with Crippen LogP contribution in [-0.4, -0.2) is 12.8 Å². The fourth-order valence-electron chi connectivity index (χ4n) is 2.03. The number of hydrogen-bond acceptors (Lipinski definition) is 1. The summed E-state index contributed by atoms with van der Waals surface area (Å²) in [4.78, 5) is 4.29. The molecule has 0 heterocycles. The number of aliphatic imine (C=N–C) groups is 1. The molecular weight excluding hydrogens is 313 g/mol. The van der Waals surface area contributed by atoms with Crippen molar-refractivity contribution < 1.29 is 0 Å². The van der Waals surface area contributed by atoms with Gasteiger partial charge in [-0.15, -0.1) is 0 Å². The summed E-state index contributed by atoms with van der Waals surface area (Å²) in [7, 11) is 0. The zero-order chi connectivity index (χ0) is 16.1. The number of hydrogen-bond donors (Lipinski definition) is 0. The van der Waals surface area contributed by atoms with Gasteiger partial charge in [-0.05, 0) is 55.7 Å². The molecule has 0 fully saturated rings. The maximum Gasteiger partial charge on any atom is 0.100 e. The van der Waals surface area contributed by atoms with E-state index in [1.54, 1.807) is 18.3 Å². The molecular formula is C19H17Cl2N. The van der Waals surface area contributed by atoms with Gasteiger partial charge in [0.05, 0.1) is 5.02 Å². The summed E-state index contributed by atoms with van der Waals surface area (Å²) in [5.74, 6) is 6.25. The standard InChI is InChI=1S/C19H17Cl2N/c1-13-9-15(3)16(10-14(13)2)5-4-8-22-12-17-6-7-18(20)11-19(17)21/h6-7,9-12H,8H2,1-3H3/b22-12+. The van der Waals surface area contributed by atoms with E-state index < -0.39 is 0 Å². The molecule has 2 rings (SSSR count). The summed E-state index contributed by atoms with van der Waals surface area (Å²) >= 11 is 11.9. The van der Waals surface area contributed by atoms with E-state index in [0.29, 0.717) is 16.6 Å². The molecule has 0 saturated heterocycles. The van der Waals surface area contributed by atoms with Crippen LogP contribution in [-0.2, 0) is 0 Å². The minimum Gasteiger partial charge on any atom is -0.280 e. The summed E-state index contributed by atoms with van der Waals surface area (Å²) in [6.07, 6.45) is 1.72. The van der Waals surface area contributed by atoms with Crippen LogP contribution in [0.25, 0.3) is 0 Å². The van der Waals surface area contributed by atoms with Crippen LogP contribution in [0.1, 0.15) is 27.8 Å². The van der Waals surface area contributed by atoms with Crippen LogP contribution in [0.2, 0.25) is 10.0 Å². The SMILES string of the molecule is Cc1cc(C)c(C#CC/N=C/c2ccc(Cl)cc2Cl)cc1C. The summed E-state index contributed by atoms with van der Waals surface area (Å²) in [6, 6.07) is 9.62. The Labute approximate surface area is 142 Å². The van der Waals surface area contributed by atoms with Crippen LogP contribution >= 0.6 is 23.2 Å². The first kappa shape index (κ1) is 16.6. The van der Waals surface area contributed by atoms with Crippen molar-refractivity contribution in [3.8, 4) is 11.8 Å². The lowest BCUT2D eigenvalue weighted by Crippen LogP contribution is -1.89. The number of rotatable bonds is 2. The second-order valence-electron chi connectivity index (χ2n) is 5.19. The number of aryl methyl sites for hydroxylation is 3. The van der Waals surface area contributed by atoms with Crippen molar-refractivity contribution >= 4 is 29.4 Å². The molecule has 112 valence electrons. The number of benzene rings is 2. The smallest absolute Gasteiger partial charge is 0.100 e. The Morgan fingerprint density at radius 3 is 2.45 bits per heavy atom. The molecule has 0 aliphatic carbocycles. The normalized spacial score (nSPS) is 10.6. The highest BCUT2D eigenvalue weighted by atomic mass is 35.5. The Morgan fingerprint density at radius 2 is 1.73 bits per heavy atom. The first-order valence-corrected chi connectivity index (χ1v) is 7.74. The second-order valence-corrected chi connectivity index (χ2v) is 6.03. The Kier molecular flexibility index (Phi) is 5.66. The Morgan fingerprint density at radius 1 is 1.00 bits per heavy atom. The highest BCUT2D eigenvalue weighted by Crippen LogP contribution is 2.19. The summed E-state index contributed by atoms with van der Waals surface area (Å²) < 4.78 is 0. The molecule has 0 spiro atoms. The monoisotopic (exact) mass is 329 g/mol. The third-order valence-corrected chi connectivity index (χ3v) is 3.99. The maximum absolute atomic E-state index is 6.08. The fraction of sp³-hybridized carbons (Fsp3) is 0.211. The van der Waals surface area contributed by atoms with Crippen LogP contribution in [0.15, 0.2) is 35.3 Å². The van der Waals surface area contributed by atoms with E-state index in [-0.39, 0.29) is 0 Å². The average Bonchev–Trinajstić information content (AvgIpc) is 2.46. The van der Waals surface area contributed by atoms with Crippen molar-refractivity contribution in [1.29, 1.82) is 0 Å². The molecule has 0 aliphatic rings. The van der Waals surface area contributed by atoms with E-state index in [1.165, 1.54) is 16.7 Å². The molecule has 0 atom stereocenters. The van der Waals surface area contributed by atoms with Gasteiger partial charge >= 0.3 is 0 Å². The van der Waals surface area contributed by atoms with Gasteiger partial charge in [0.2, 0.25) is 0 Å². The highest BCUT2D eigenvalue weighted by Gasteiger charge is 1.99. The van der Waals surface area contributed by atoms with Gasteiger partial charge in [0, 0.05) is 22.4 Å². The van der Waals surface area contributed by atoms with E-state index in [1.807, 2.05) is 6.07 Å². The number of nitrogens with zero attached hydrogens (tertiary/aromatic N) is 1. The average molecular weight is 330 g/mol. The van der Waals surface area contributed by atoms with Crippen LogP contribution in [0, 0.1) is 32.6 Å². The topological polar surface area (TPSA) is 12.4 Å². The van der Waals surface area contributed by atoms with Crippen molar-refractivity contribution in [2.45, 2.75) is 20.8 Å². The van der Waals surface area contributed by atoms with Crippen LogP contribution in [0.3, 0.4) is 0 Å². The predicted octanol–water partition coefficient (Wildman–Crippen LogP) is 5.39. The molecule has 3 heteroatoms. The third kappa shape index (κ3) is 4.37. The van der Waals surface area contributed by atoms with Gasteiger partial charge in [-0.25, -0.2) is 0 Å². The molecule has 2 aromatic rings. The summed E-state index contributed by atoms with van der Waals surface area (Å²) in [5, 5.41) is 1.21. The molecule has 0 saturated carbocycles. The summed E-state index contributed by atoms with van der Waals surface area (Å²) in [6.45, 7) is 6.72. The van der Waals surface area contributed by atoms with Crippen LogP contribution in [0.5, 0.6) is 0 Å². The molecule has 0 radical (unpaired) electrons. The molecule has 0 aliphatic heterocycles. The molecule has 1 nitrogen and oxygen atoms in total. The lowest BCUT2D eigenvalue weighted by molar-refractivity contribution is 1.28. The Balaban J connectivity index is 2.06. The van der Waals surface area contributed by atoms with Crippen molar-refractivity contribution in [2.24, 2.45) is 4.99 Å². The van der Waals surface area contributed by atoms with E-state index in [9.17, 15) is 0 Å². The second kappa shape index (κ2) is 7.49. The molecule has 22 heavy (non-hydrogen) atoms. The zero-order valence-electron chi connectivity index (χ0n) is 12.9. The van der Waals surface area contributed by atoms with E-state index in [2.05, 4.69) is 49.7 Å². The van der Waals surface area contributed by atoms with Gasteiger partial charge in [-0.1, -0.05) is 47.2 Å². The van der Waals surface area contributed by atoms with Crippen molar-refractivity contribution in [3.05, 3.63) is 68.2 Å².